The van der Waals surface area contributed by atoms with Crippen LogP contribution in [0.1, 0.15) is 27.2 Å². The number of halogens is 1. The minimum Gasteiger partial charge on any atom is -0.340 e. The summed E-state index contributed by atoms with van der Waals surface area (Å²) in [6.07, 6.45) is 0.469. The second kappa shape index (κ2) is 5.17. The zero-order valence-corrected chi connectivity index (χ0v) is 10.7. The summed E-state index contributed by atoms with van der Waals surface area (Å²) < 4.78 is 0. The lowest BCUT2D eigenvalue weighted by atomic mass is 10.0. The number of hydrogen-bond donors (Lipinski definition) is 0. The van der Waals surface area contributed by atoms with Gasteiger partial charge in [0, 0.05) is 44.0 Å². The van der Waals surface area contributed by atoms with Gasteiger partial charge in [-0.1, -0.05) is 0 Å². The van der Waals surface area contributed by atoms with Gasteiger partial charge in [0.1, 0.15) is 0 Å². The first-order valence-corrected chi connectivity index (χ1v) is 6.07. The third kappa shape index (κ3) is 3.65. The number of rotatable bonds is 2. The molecule has 0 bridgehead atoms. The molecule has 0 unspecified atom stereocenters. The lowest BCUT2D eigenvalue weighted by Gasteiger charge is -2.42. The van der Waals surface area contributed by atoms with Crippen molar-refractivity contribution in [2.24, 2.45) is 0 Å². The van der Waals surface area contributed by atoms with E-state index in [9.17, 15) is 4.79 Å². The van der Waals surface area contributed by atoms with Gasteiger partial charge in [0.25, 0.3) is 0 Å². The fraction of sp³-hybridized carbons (Fsp3) is 0.909. The van der Waals surface area contributed by atoms with Crippen LogP contribution in [0.2, 0.25) is 0 Å². The van der Waals surface area contributed by atoms with Crippen molar-refractivity contribution in [2.45, 2.75) is 32.7 Å². The minimum atomic E-state index is 0.193. The molecule has 1 amide bonds. The van der Waals surface area contributed by atoms with Crippen molar-refractivity contribution in [3.8, 4) is 0 Å². The molecule has 3 nitrogen and oxygen atoms in total. The molecule has 1 heterocycles. The topological polar surface area (TPSA) is 23.6 Å². The van der Waals surface area contributed by atoms with Crippen LogP contribution in [0.15, 0.2) is 0 Å². The maximum Gasteiger partial charge on any atom is 0.223 e. The zero-order chi connectivity index (χ0) is 11.5. The molecular weight excluding hydrogens is 212 g/mol. The van der Waals surface area contributed by atoms with Crippen LogP contribution in [0.25, 0.3) is 0 Å². The van der Waals surface area contributed by atoms with Crippen molar-refractivity contribution < 1.29 is 4.79 Å². The van der Waals surface area contributed by atoms with Gasteiger partial charge in [0.15, 0.2) is 0 Å². The number of alkyl halides is 1. The largest absolute Gasteiger partial charge is 0.340 e. The first kappa shape index (κ1) is 12.8. The van der Waals surface area contributed by atoms with E-state index in [1.165, 1.54) is 0 Å². The second-order valence-electron chi connectivity index (χ2n) is 4.98. The Balaban J connectivity index is 2.39. The molecule has 0 spiro atoms. The number of piperazine rings is 1. The van der Waals surface area contributed by atoms with Gasteiger partial charge in [-0.3, -0.25) is 9.69 Å². The Labute approximate surface area is 97.4 Å². The van der Waals surface area contributed by atoms with E-state index in [1.54, 1.807) is 0 Å². The van der Waals surface area contributed by atoms with Gasteiger partial charge < -0.3 is 4.90 Å². The quantitative estimate of drug-likeness (QED) is 0.675. The number of nitrogens with zero attached hydrogens (tertiary/aromatic N) is 2. The Kier molecular flexibility index (Phi) is 4.41. The van der Waals surface area contributed by atoms with E-state index in [1.807, 2.05) is 4.90 Å². The average Bonchev–Trinajstić information content (AvgIpc) is 2.17. The van der Waals surface area contributed by atoms with Crippen LogP contribution in [0.4, 0.5) is 0 Å². The molecule has 0 N–H and O–H groups in total. The molecule has 1 saturated heterocycles. The van der Waals surface area contributed by atoms with Gasteiger partial charge in [0.05, 0.1) is 0 Å². The minimum absolute atomic E-state index is 0.193. The van der Waals surface area contributed by atoms with Gasteiger partial charge in [0.2, 0.25) is 5.91 Å². The molecule has 1 aliphatic heterocycles. The highest BCUT2D eigenvalue weighted by molar-refractivity contribution is 6.18. The molecule has 4 heteroatoms. The molecule has 1 rings (SSSR count). The Bertz CT molecular complexity index is 217. The normalized spacial score (nSPS) is 19.3. The zero-order valence-electron chi connectivity index (χ0n) is 9.92. The molecule has 0 aliphatic carbocycles. The van der Waals surface area contributed by atoms with Gasteiger partial charge in [-0.2, -0.15) is 0 Å². The standard InChI is InChI=1S/C11H21ClN2O/c1-11(2,3)14-8-6-13(7-9-14)10(15)4-5-12/h4-9H2,1-3H3. The molecule has 88 valence electrons. The number of hydrogen-bond acceptors (Lipinski definition) is 2. The van der Waals surface area contributed by atoms with Crippen LogP contribution in [-0.2, 0) is 4.79 Å². The highest BCUT2D eigenvalue weighted by Gasteiger charge is 2.27. The fourth-order valence-corrected chi connectivity index (χ4v) is 2.03. The highest BCUT2D eigenvalue weighted by Crippen LogP contribution is 2.16. The van der Waals surface area contributed by atoms with E-state index < -0.39 is 0 Å². The highest BCUT2D eigenvalue weighted by atomic mass is 35.5. The van der Waals surface area contributed by atoms with Crippen molar-refractivity contribution >= 4 is 17.5 Å². The number of amides is 1. The first-order chi connectivity index (χ1) is 6.95. The SMILES string of the molecule is CC(C)(C)N1CCN(C(=O)CCCl)CC1. The van der Waals surface area contributed by atoms with Crippen LogP contribution in [0.5, 0.6) is 0 Å². The van der Waals surface area contributed by atoms with Crippen LogP contribution < -0.4 is 0 Å². The van der Waals surface area contributed by atoms with Gasteiger partial charge in [-0.05, 0) is 20.8 Å². The summed E-state index contributed by atoms with van der Waals surface area (Å²) in [5.74, 6) is 0.622. The summed E-state index contributed by atoms with van der Waals surface area (Å²) in [6, 6.07) is 0. The fourth-order valence-electron chi connectivity index (χ4n) is 1.87. The van der Waals surface area contributed by atoms with Crippen molar-refractivity contribution in [3.63, 3.8) is 0 Å². The summed E-state index contributed by atoms with van der Waals surface area (Å²) in [5, 5.41) is 0. The van der Waals surface area contributed by atoms with Crippen LogP contribution >= 0.6 is 11.6 Å². The van der Waals surface area contributed by atoms with Crippen molar-refractivity contribution in [2.75, 3.05) is 32.1 Å². The molecule has 15 heavy (non-hydrogen) atoms. The van der Waals surface area contributed by atoms with Crippen LogP contribution in [0.3, 0.4) is 0 Å². The summed E-state index contributed by atoms with van der Waals surface area (Å²) in [5.41, 5.74) is 0.210. The van der Waals surface area contributed by atoms with E-state index in [0.717, 1.165) is 26.2 Å². The Morgan fingerprint density at radius 1 is 1.20 bits per heavy atom. The predicted molar refractivity (Wildman–Crippen MR) is 63.2 cm³/mol. The van der Waals surface area contributed by atoms with Crippen molar-refractivity contribution in [1.29, 1.82) is 0 Å². The molecule has 1 fully saturated rings. The second-order valence-corrected chi connectivity index (χ2v) is 5.36. The van der Waals surface area contributed by atoms with Gasteiger partial charge in [-0.25, -0.2) is 0 Å². The molecule has 0 saturated carbocycles. The van der Waals surface area contributed by atoms with Crippen LogP contribution in [-0.4, -0.2) is 53.3 Å². The van der Waals surface area contributed by atoms with Crippen molar-refractivity contribution in [3.05, 3.63) is 0 Å². The lowest BCUT2D eigenvalue weighted by Crippen LogP contribution is -2.54. The summed E-state index contributed by atoms with van der Waals surface area (Å²) >= 11 is 5.56. The van der Waals surface area contributed by atoms with Crippen molar-refractivity contribution in [1.82, 2.24) is 9.80 Å². The predicted octanol–water partition coefficient (Wildman–Crippen LogP) is 1.56. The van der Waals surface area contributed by atoms with Crippen LogP contribution in [0, 0.1) is 0 Å². The Morgan fingerprint density at radius 2 is 1.73 bits per heavy atom. The smallest absolute Gasteiger partial charge is 0.223 e. The third-order valence-electron chi connectivity index (χ3n) is 2.89. The molecule has 1 aliphatic rings. The molecule has 0 aromatic heterocycles. The monoisotopic (exact) mass is 232 g/mol. The van der Waals surface area contributed by atoms with E-state index in [4.69, 9.17) is 11.6 Å². The number of carbonyl (C=O) groups is 1. The molecule has 0 aromatic rings. The molecule has 0 aromatic carbocycles. The average molecular weight is 233 g/mol. The first-order valence-electron chi connectivity index (χ1n) is 5.54. The van der Waals surface area contributed by atoms with E-state index >= 15 is 0 Å². The number of carbonyl (C=O) groups excluding carboxylic acids is 1. The molecular formula is C11H21ClN2O. The van der Waals surface area contributed by atoms with Gasteiger partial charge >= 0.3 is 0 Å². The maximum atomic E-state index is 11.6. The van der Waals surface area contributed by atoms with E-state index in [-0.39, 0.29) is 11.4 Å². The van der Waals surface area contributed by atoms with Gasteiger partial charge in [-0.15, -0.1) is 11.6 Å². The van der Waals surface area contributed by atoms with E-state index in [0.29, 0.717) is 12.3 Å². The summed E-state index contributed by atoms with van der Waals surface area (Å²) in [4.78, 5) is 15.9. The molecule has 0 radical (unpaired) electrons. The molecule has 0 atom stereocenters. The third-order valence-corrected chi connectivity index (χ3v) is 3.08. The maximum absolute atomic E-state index is 11.6. The summed E-state index contributed by atoms with van der Waals surface area (Å²) in [7, 11) is 0. The lowest BCUT2D eigenvalue weighted by molar-refractivity contribution is -0.133. The Morgan fingerprint density at radius 3 is 2.13 bits per heavy atom. The summed E-state index contributed by atoms with van der Waals surface area (Å²) in [6.45, 7) is 10.3. The van der Waals surface area contributed by atoms with E-state index in [2.05, 4.69) is 25.7 Å². The Hall–Kier alpha value is -0.280.